The van der Waals surface area contributed by atoms with Gasteiger partial charge in [0, 0.05) is 6.54 Å². The minimum Gasteiger partial charge on any atom is -0.495 e. The highest BCUT2D eigenvalue weighted by atomic mass is 16.5. The summed E-state index contributed by atoms with van der Waals surface area (Å²) in [5.74, 6) is 1.68. The quantitative estimate of drug-likeness (QED) is 0.820. The first-order chi connectivity index (χ1) is 8.33. The summed E-state index contributed by atoms with van der Waals surface area (Å²) in [6.45, 7) is 5.48. The van der Waals surface area contributed by atoms with Gasteiger partial charge in [0.2, 0.25) is 0 Å². The van der Waals surface area contributed by atoms with Crippen LogP contribution in [-0.4, -0.2) is 26.7 Å². The lowest BCUT2D eigenvalue weighted by atomic mass is 10.1. The second kappa shape index (κ2) is 5.92. The lowest BCUT2D eigenvalue weighted by molar-refractivity contribution is 0.416. The number of benzene rings is 1. The van der Waals surface area contributed by atoms with E-state index in [0.717, 1.165) is 43.4 Å². The molecule has 3 heteroatoms. The van der Waals surface area contributed by atoms with Crippen LogP contribution >= 0.6 is 0 Å². The topological polar surface area (TPSA) is 33.3 Å². The van der Waals surface area contributed by atoms with Gasteiger partial charge in [-0.15, -0.1) is 0 Å². The summed E-state index contributed by atoms with van der Waals surface area (Å²) in [6, 6.07) is 6.37. The minimum absolute atomic E-state index is 0.741. The molecule has 0 spiro atoms. The zero-order valence-corrected chi connectivity index (χ0v) is 10.8. The van der Waals surface area contributed by atoms with Gasteiger partial charge in [0.1, 0.15) is 5.75 Å². The molecule has 1 aromatic carbocycles. The molecule has 1 fully saturated rings. The first-order valence-electron chi connectivity index (χ1n) is 6.45. The third kappa shape index (κ3) is 3.13. The van der Waals surface area contributed by atoms with Crippen LogP contribution in [0.2, 0.25) is 0 Å². The van der Waals surface area contributed by atoms with E-state index in [9.17, 15) is 0 Å². The Morgan fingerprint density at radius 3 is 3.00 bits per heavy atom. The normalized spacial score (nSPS) is 19.3. The van der Waals surface area contributed by atoms with Crippen molar-refractivity contribution in [3.05, 3.63) is 23.8 Å². The number of nitrogens with one attached hydrogen (secondary N) is 2. The van der Waals surface area contributed by atoms with E-state index < -0.39 is 0 Å². The molecule has 0 radical (unpaired) electrons. The molecule has 1 unspecified atom stereocenters. The molecule has 1 aliphatic heterocycles. The highest BCUT2D eigenvalue weighted by Crippen LogP contribution is 2.26. The van der Waals surface area contributed by atoms with Crippen LogP contribution in [0, 0.1) is 5.92 Å². The smallest absolute Gasteiger partial charge is 0.141 e. The number of hydrogen-bond donors (Lipinski definition) is 2. The molecular weight excluding hydrogens is 212 g/mol. The van der Waals surface area contributed by atoms with Gasteiger partial charge in [-0.3, -0.25) is 0 Å². The molecule has 0 amide bonds. The van der Waals surface area contributed by atoms with Crippen molar-refractivity contribution in [1.29, 1.82) is 0 Å². The van der Waals surface area contributed by atoms with E-state index in [1.807, 2.05) is 6.07 Å². The maximum Gasteiger partial charge on any atom is 0.141 e. The van der Waals surface area contributed by atoms with Gasteiger partial charge in [0.15, 0.2) is 0 Å². The number of ether oxygens (including phenoxy) is 1. The summed E-state index contributed by atoms with van der Waals surface area (Å²) in [5.41, 5.74) is 2.47. The number of hydrogen-bond acceptors (Lipinski definition) is 3. The maximum atomic E-state index is 5.38. The molecule has 17 heavy (non-hydrogen) atoms. The van der Waals surface area contributed by atoms with Crippen molar-refractivity contribution in [2.24, 2.45) is 5.92 Å². The largest absolute Gasteiger partial charge is 0.495 e. The lowest BCUT2D eigenvalue weighted by Crippen LogP contribution is -2.17. The Balaban J connectivity index is 2.01. The minimum atomic E-state index is 0.741. The predicted octanol–water partition coefficient (Wildman–Crippen LogP) is 2.28. The molecule has 1 heterocycles. The molecule has 1 atom stereocenters. The van der Waals surface area contributed by atoms with Crippen molar-refractivity contribution in [3.8, 4) is 5.75 Å². The Labute approximate surface area is 104 Å². The molecular formula is C14H22N2O. The van der Waals surface area contributed by atoms with Gasteiger partial charge in [0.25, 0.3) is 0 Å². The van der Waals surface area contributed by atoms with E-state index in [2.05, 4.69) is 29.7 Å². The fourth-order valence-corrected chi connectivity index (χ4v) is 2.26. The van der Waals surface area contributed by atoms with Crippen LogP contribution < -0.4 is 15.4 Å². The zero-order chi connectivity index (χ0) is 12.1. The van der Waals surface area contributed by atoms with Gasteiger partial charge in [0.05, 0.1) is 12.8 Å². The molecule has 0 aliphatic carbocycles. The maximum absolute atomic E-state index is 5.38. The number of aryl methyl sites for hydroxylation is 1. The average molecular weight is 234 g/mol. The molecule has 1 saturated heterocycles. The van der Waals surface area contributed by atoms with Crippen LogP contribution in [0.5, 0.6) is 5.75 Å². The van der Waals surface area contributed by atoms with Crippen molar-refractivity contribution in [2.45, 2.75) is 19.8 Å². The van der Waals surface area contributed by atoms with E-state index in [4.69, 9.17) is 4.74 Å². The van der Waals surface area contributed by atoms with Crippen molar-refractivity contribution in [2.75, 3.05) is 32.1 Å². The highest BCUT2D eigenvalue weighted by molar-refractivity contribution is 5.58. The van der Waals surface area contributed by atoms with Gasteiger partial charge in [-0.25, -0.2) is 0 Å². The molecule has 0 bridgehead atoms. The first-order valence-corrected chi connectivity index (χ1v) is 6.45. The summed E-state index contributed by atoms with van der Waals surface area (Å²) < 4.78 is 5.38. The predicted molar refractivity (Wildman–Crippen MR) is 71.8 cm³/mol. The number of rotatable bonds is 5. The molecule has 2 rings (SSSR count). The van der Waals surface area contributed by atoms with E-state index in [0.29, 0.717) is 0 Å². The van der Waals surface area contributed by atoms with Crippen molar-refractivity contribution in [1.82, 2.24) is 5.32 Å². The van der Waals surface area contributed by atoms with Crippen LogP contribution in [0.1, 0.15) is 18.9 Å². The van der Waals surface area contributed by atoms with E-state index in [-0.39, 0.29) is 0 Å². The Bertz CT molecular complexity index is 359. The third-order valence-corrected chi connectivity index (χ3v) is 3.42. The van der Waals surface area contributed by atoms with Gasteiger partial charge in [-0.05, 0) is 49.5 Å². The summed E-state index contributed by atoms with van der Waals surface area (Å²) >= 11 is 0. The molecule has 3 nitrogen and oxygen atoms in total. The monoisotopic (exact) mass is 234 g/mol. The highest BCUT2D eigenvalue weighted by Gasteiger charge is 2.14. The van der Waals surface area contributed by atoms with E-state index >= 15 is 0 Å². The van der Waals surface area contributed by atoms with E-state index in [1.165, 1.54) is 12.0 Å². The average Bonchev–Trinajstić information content (AvgIpc) is 2.89. The molecule has 1 aliphatic rings. The second-order valence-corrected chi connectivity index (χ2v) is 4.63. The van der Waals surface area contributed by atoms with Crippen molar-refractivity contribution >= 4 is 5.69 Å². The van der Waals surface area contributed by atoms with Gasteiger partial charge in [-0.2, -0.15) is 0 Å². The third-order valence-electron chi connectivity index (χ3n) is 3.42. The molecule has 0 saturated carbocycles. The fraction of sp³-hybridized carbons (Fsp3) is 0.571. The van der Waals surface area contributed by atoms with Gasteiger partial charge < -0.3 is 15.4 Å². The first kappa shape index (κ1) is 12.2. The Morgan fingerprint density at radius 1 is 1.47 bits per heavy atom. The Morgan fingerprint density at radius 2 is 2.35 bits per heavy atom. The van der Waals surface area contributed by atoms with Crippen LogP contribution in [-0.2, 0) is 6.42 Å². The van der Waals surface area contributed by atoms with Crippen LogP contribution in [0.4, 0.5) is 5.69 Å². The summed E-state index contributed by atoms with van der Waals surface area (Å²) in [5, 5.41) is 6.90. The van der Waals surface area contributed by atoms with Gasteiger partial charge >= 0.3 is 0 Å². The number of anilines is 1. The van der Waals surface area contributed by atoms with Gasteiger partial charge in [-0.1, -0.05) is 13.0 Å². The Hall–Kier alpha value is -1.22. The van der Waals surface area contributed by atoms with Crippen LogP contribution in [0.15, 0.2) is 18.2 Å². The molecule has 2 N–H and O–H groups in total. The second-order valence-electron chi connectivity index (χ2n) is 4.63. The zero-order valence-electron chi connectivity index (χ0n) is 10.8. The Kier molecular flexibility index (Phi) is 4.26. The van der Waals surface area contributed by atoms with Crippen LogP contribution in [0.3, 0.4) is 0 Å². The molecule has 1 aromatic rings. The fourth-order valence-electron chi connectivity index (χ4n) is 2.26. The lowest BCUT2D eigenvalue weighted by Gasteiger charge is -2.15. The van der Waals surface area contributed by atoms with Crippen molar-refractivity contribution < 1.29 is 4.74 Å². The number of methoxy groups -OCH3 is 1. The molecule has 94 valence electrons. The summed E-state index contributed by atoms with van der Waals surface area (Å²) in [7, 11) is 1.73. The van der Waals surface area contributed by atoms with E-state index in [1.54, 1.807) is 7.11 Å². The summed E-state index contributed by atoms with van der Waals surface area (Å²) in [6.07, 6.45) is 2.33. The SMILES string of the molecule is CCc1ccc(OC)c(NCC2CCNC2)c1. The van der Waals surface area contributed by atoms with Crippen molar-refractivity contribution in [3.63, 3.8) is 0 Å². The standard InChI is InChI=1S/C14H22N2O/c1-3-11-4-5-14(17-2)13(8-11)16-10-12-6-7-15-9-12/h4-5,8,12,15-16H,3,6-7,9-10H2,1-2H3. The molecule has 0 aromatic heterocycles. The van der Waals surface area contributed by atoms with Crippen LogP contribution in [0.25, 0.3) is 0 Å². The summed E-state index contributed by atoms with van der Waals surface area (Å²) in [4.78, 5) is 0.